The molecular weight excluding hydrogens is 234 g/mol. The molecule has 1 N–H and O–H groups in total. The molecule has 0 spiro atoms. The molecule has 0 saturated heterocycles. The number of hydrogen-bond acceptors (Lipinski definition) is 2. The molecule has 0 amide bonds. The Hall–Kier alpha value is -1.31. The van der Waals surface area contributed by atoms with Gasteiger partial charge in [-0.15, -0.1) is 11.8 Å². The van der Waals surface area contributed by atoms with E-state index in [-0.39, 0.29) is 0 Å². The van der Waals surface area contributed by atoms with Crippen LogP contribution in [-0.4, -0.2) is 15.0 Å². The number of unbranched alkanes of at least 4 members (excludes halogenated alkanes) is 1. The highest BCUT2D eigenvalue weighted by Crippen LogP contribution is 2.09. The molecule has 1 aromatic carbocycles. The van der Waals surface area contributed by atoms with E-state index in [1.54, 1.807) is 31.2 Å². The monoisotopic (exact) mass is 251 g/mol. The zero-order valence-electron chi connectivity index (χ0n) is 10.2. The molecule has 0 atom stereocenters. The number of benzene rings is 1. The minimum Gasteiger partial charge on any atom is -0.211 e. The van der Waals surface area contributed by atoms with Gasteiger partial charge in [0.05, 0.1) is 4.90 Å². The Balaban J connectivity index is 2.56. The van der Waals surface area contributed by atoms with Gasteiger partial charge in [0.15, 0.2) is 0 Å². The lowest BCUT2D eigenvalue weighted by atomic mass is 10.2. The summed E-state index contributed by atoms with van der Waals surface area (Å²) >= 11 is 0. The predicted octanol–water partition coefficient (Wildman–Crippen LogP) is 2.08. The Morgan fingerprint density at radius 1 is 1.24 bits per heavy atom. The smallest absolute Gasteiger partial charge is 0.211 e. The van der Waals surface area contributed by atoms with E-state index < -0.39 is 10.0 Å². The minimum absolute atomic E-state index is 0.310. The summed E-state index contributed by atoms with van der Waals surface area (Å²) in [5, 5.41) is 0. The van der Waals surface area contributed by atoms with Crippen molar-refractivity contribution in [1.82, 2.24) is 4.72 Å². The first-order valence-electron chi connectivity index (χ1n) is 5.52. The van der Waals surface area contributed by atoms with Gasteiger partial charge in [0.2, 0.25) is 10.0 Å². The average Bonchev–Trinajstić information content (AvgIpc) is 2.29. The third-order valence-electron chi connectivity index (χ3n) is 2.28. The number of sulfonamides is 1. The van der Waals surface area contributed by atoms with Crippen LogP contribution in [0.15, 0.2) is 29.2 Å². The second kappa shape index (κ2) is 6.43. The molecule has 0 bridgehead atoms. The fraction of sp³-hybridized carbons (Fsp3) is 0.385. The van der Waals surface area contributed by atoms with E-state index in [1.165, 1.54) is 0 Å². The molecular formula is C13H17NO2S. The van der Waals surface area contributed by atoms with Crippen LogP contribution in [0.1, 0.15) is 25.3 Å². The van der Waals surface area contributed by atoms with Crippen LogP contribution >= 0.6 is 0 Å². The summed E-state index contributed by atoms with van der Waals surface area (Å²) in [7, 11) is -3.36. The molecule has 0 saturated carbocycles. The number of aryl methyl sites for hydroxylation is 1. The minimum atomic E-state index is -3.36. The van der Waals surface area contributed by atoms with Crippen LogP contribution in [0.5, 0.6) is 0 Å². The van der Waals surface area contributed by atoms with Gasteiger partial charge in [0.1, 0.15) is 0 Å². The van der Waals surface area contributed by atoms with Crippen molar-refractivity contribution in [2.24, 2.45) is 0 Å². The maximum absolute atomic E-state index is 11.8. The first-order valence-corrected chi connectivity index (χ1v) is 7.00. The van der Waals surface area contributed by atoms with Crippen molar-refractivity contribution in [1.29, 1.82) is 0 Å². The molecule has 0 heterocycles. The van der Waals surface area contributed by atoms with Crippen LogP contribution in [0.4, 0.5) is 0 Å². The van der Waals surface area contributed by atoms with Crippen molar-refractivity contribution in [3.05, 3.63) is 29.8 Å². The summed E-state index contributed by atoms with van der Waals surface area (Å²) in [5.41, 5.74) is 1.04. The number of rotatable bonds is 5. The maximum atomic E-state index is 11.8. The standard InChI is InChI=1S/C13H17NO2S/c1-3-4-5-6-11-14-17(15,16)13-9-7-12(2)8-10-13/h7-10,14H,5-6,11H2,1-2H3. The molecule has 0 aliphatic carbocycles. The molecule has 0 aliphatic heterocycles. The molecule has 0 aromatic heterocycles. The molecule has 17 heavy (non-hydrogen) atoms. The van der Waals surface area contributed by atoms with Crippen LogP contribution in [0.3, 0.4) is 0 Å². The average molecular weight is 251 g/mol. The number of nitrogens with one attached hydrogen (secondary N) is 1. The van der Waals surface area contributed by atoms with Crippen LogP contribution in [0.25, 0.3) is 0 Å². The highest BCUT2D eigenvalue weighted by Gasteiger charge is 2.11. The summed E-state index contributed by atoms with van der Waals surface area (Å²) < 4.78 is 26.2. The summed E-state index contributed by atoms with van der Waals surface area (Å²) in [4.78, 5) is 0.310. The fourth-order valence-electron chi connectivity index (χ4n) is 1.31. The fourth-order valence-corrected chi connectivity index (χ4v) is 2.38. The van der Waals surface area contributed by atoms with Gasteiger partial charge in [-0.2, -0.15) is 0 Å². The summed E-state index contributed by atoms with van der Waals surface area (Å²) in [5.74, 6) is 5.67. The SMILES string of the molecule is CC#CCCCNS(=O)(=O)c1ccc(C)cc1. The molecule has 1 aromatic rings. The zero-order valence-corrected chi connectivity index (χ0v) is 11.0. The third-order valence-corrected chi connectivity index (χ3v) is 3.76. The molecule has 92 valence electrons. The van der Waals surface area contributed by atoms with Crippen molar-refractivity contribution in [2.75, 3.05) is 6.54 Å². The van der Waals surface area contributed by atoms with E-state index in [0.717, 1.165) is 12.0 Å². The van der Waals surface area contributed by atoms with Crippen LogP contribution < -0.4 is 4.72 Å². The molecule has 4 heteroatoms. The highest BCUT2D eigenvalue weighted by molar-refractivity contribution is 7.89. The Bertz CT molecular complexity index is 507. The Kier molecular flexibility index (Phi) is 5.20. The highest BCUT2D eigenvalue weighted by atomic mass is 32.2. The van der Waals surface area contributed by atoms with Gasteiger partial charge in [-0.05, 0) is 32.4 Å². The van der Waals surface area contributed by atoms with E-state index in [9.17, 15) is 8.42 Å². The van der Waals surface area contributed by atoms with E-state index >= 15 is 0 Å². The van der Waals surface area contributed by atoms with Gasteiger partial charge in [-0.25, -0.2) is 13.1 Å². The summed E-state index contributed by atoms with van der Waals surface area (Å²) in [6.45, 7) is 4.12. The van der Waals surface area contributed by atoms with Gasteiger partial charge >= 0.3 is 0 Å². The summed E-state index contributed by atoms with van der Waals surface area (Å²) in [6.07, 6.45) is 1.44. The normalized spacial score (nSPS) is 10.7. The quantitative estimate of drug-likeness (QED) is 0.643. The van der Waals surface area contributed by atoms with Gasteiger partial charge in [-0.3, -0.25) is 0 Å². The Labute approximate surface area is 103 Å². The van der Waals surface area contributed by atoms with E-state index in [0.29, 0.717) is 17.9 Å². The Morgan fingerprint density at radius 2 is 1.88 bits per heavy atom. The van der Waals surface area contributed by atoms with Gasteiger partial charge < -0.3 is 0 Å². The molecule has 0 aliphatic rings. The third kappa shape index (κ3) is 4.59. The van der Waals surface area contributed by atoms with E-state index in [2.05, 4.69) is 16.6 Å². The maximum Gasteiger partial charge on any atom is 0.240 e. The first kappa shape index (κ1) is 13.8. The van der Waals surface area contributed by atoms with Crippen LogP contribution in [0, 0.1) is 18.8 Å². The zero-order chi connectivity index (χ0) is 12.7. The number of hydrogen-bond donors (Lipinski definition) is 1. The molecule has 3 nitrogen and oxygen atoms in total. The second-order valence-corrected chi connectivity index (χ2v) is 5.51. The Morgan fingerprint density at radius 3 is 2.47 bits per heavy atom. The molecule has 0 unspecified atom stereocenters. The van der Waals surface area contributed by atoms with E-state index in [4.69, 9.17) is 0 Å². The van der Waals surface area contributed by atoms with Crippen molar-refractivity contribution in [2.45, 2.75) is 31.6 Å². The lowest BCUT2D eigenvalue weighted by Gasteiger charge is -2.05. The molecule has 1 rings (SSSR count). The topological polar surface area (TPSA) is 46.2 Å². The lowest BCUT2D eigenvalue weighted by molar-refractivity contribution is 0.579. The molecule has 0 radical (unpaired) electrons. The van der Waals surface area contributed by atoms with Crippen molar-refractivity contribution in [3.63, 3.8) is 0 Å². The van der Waals surface area contributed by atoms with E-state index in [1.807, 2.05) is 6.92 Å². The predicted molar refractivity (Wildman–Crippen MR) is 69.1 cm³/mol. The van der Waals surface area contributed by atoms with Crippen molar-refractivity contribution in [3.8, 4) is 11.8 Å². The summed E-state index contributed by atoms with van der Waals surface area (Å²) in [6, 6.07) is 6.81. The lowest BCUT2D eigenvalue weighted by Crippen LogP contribution is -2.24. The van der Waals surface area contributed by atoms with Gasteiger partial charge in [0.25, 0.3) is 0 Å². The van der Waals surface area contributed by atoms with Crippen molar-refractivity contribution >= 4 is 10.0 Å². The second-order valence-electron chi connectivity index (χ2n) is 3.74. The molecule has 0 fully saturated rings. The van der Waals surface area contributed by atoms with Gasteiger partial charge in [0, 0.05) is 13.0 Å². The van der Waals surface area contributed by atoms with Gasteiger partial charge in [-0.1, -0.05) is 17.7 Å². The van der Waals surface area contributed by atoms with Crippen LogP contribution in [0.2, 0.25) is 0 Å². The van der Waals surface area contributed by atoms with Crippen molar-refractivity contribution < 1.29 is 8.42 Å². The largest absolute Gasteiger partial charge is 0.240 e. The first-order chi connectivity index (χ1) is 8.06. The van der Waals surface area contributed by atoms with Crippen LogP contribution in [-0.2, 0) is 10.0 Å².